The number of halogens is 1. The molecule has 0 aliphatic rings. The lowest BCUT2D eigenvalue weighted by molar-refractivity contribution is -0.127. The smallest absolute Gasteiger partial charge is 0.243 e. The molecule has 0 aliphatic heterocycles. The van der Waals surface area contributed by atoms with Gasteiger partial charge in [0.15, 0.2) is 0 Å². The van der Waals surface area contributed by atoms with Gasteiger partial charge in [0.1, 0.15) is 11.9 Å². The summed E-state index contributed by atoms with van der Waals surface area (Å²) in [7, 11) is 0. The van der Waals surface area contributed by atoms with E-state index in [0.717, 1.165) is 11.1 Å². The Labute approximate surface area is 198 Å². The molecule has 1 aromatic heterocycles. The predicted octanol–water partition coefficient (Wildman–Crippen LogP) is 2.05. The van der Waals surface area contributed by atoms with Gasteiger partial charge in [0.05, 0.1) is 12.2 Å². The Bertz CT molecular complexity index is 1050. The molecule has 0 fully saturated rings. The zero-order chi connectivity index (χ0) is 22.8. The molecule has 2 aromatic carbocycles. The molecule has 0 aliphatic carbocycles. The molecule has 6 N–H and O–H groups in total. The summed E-state index contributed by atoms with van der Waals surface area (Å²) in [5.74, 6) is -0.624. The number of nitrogen functional groups attached to an aromatic ring is 1. The summed E-state index contributed by atoms with van der Waals surface area (Å²) in [6.07, 6.45) is 1.62. The molecule has 0 spiro atoms. The van der Waals surface area contributed by atoms with Gasteiger partial charge in [0.25, 0.3) is 0 Å². The zero-order valence-electron chi connectivity index (χ0n) is 18.0. The maximum Gasteiger partial charge on any atom is 0.243 e. The van der Waals surface area contributed by atoms with E-state index in [2.05, 4.69) is 20.9 Å². The van der Waals surface area contributed by atoms with Crippen molar-refractivity contribution in [3.63, 3.8) is 0 Å². The molecule has 0 bridgehead atoms. The van der Waals surface area contributed by atoms with E-state index < -0.39 is 6.04 Å². The Kier molecular flexibility index (Phi) is 10.0. The SMILES string of the molecule is Cl.N=C(N)c1ccc(CNC(C(=O)NCC(=O)NCc2ccccc2)c2ccccn2)cc1. The fraction of sp³-hybridized carbons (Fsp3) is 0.167. The number of hydrogen-bond acceptors (Lipinski definition) is 5. The Morgan fingerprint density at radius 2 is 1.55 bits per heavy atom. The number of amidine groups is 1. The lowest BCUT2D eigenvalue weighted by atomic mass is 10.1. The van der Waals surface area contributed by atoms with E-state index in [9.17, 15) is 9.59 Å². The standard InChI is InChI=1S/C24H26N6O2.ClH/c25-23(26)19-11-9-18(10-12-19)15-29-22(20-8-4-5-13-27-20)24(32)30-16-21(31)28-14-17-6-2-1-3-7-17;/h1-13,22,29H,14-16H2,(H3,25,26)(H,28,31)(H,30,32);1H. The number of carbonyl (C=O) groups excluding carboxylic acids is 2. The van der Waals surface area contributed by atoms with E-state index in [1.165, 1.54) is 0 Å². The Hall–Kier alpha value is -3.75. The van der Waals surface area contributed by atoms with E-state index in [0.29, 0.717) is 24.3 Å². The van der Waals surface area contributed by atoms with Crippen LogP contribution in [0.4, 0.5) is 0 Å². The van der Waals surface area contributed by atoms with Crippen LogP contribution in [0.1, 0.15) is 28.4 Å². The van der Waals surface area contributed by atoms with Crippen molar-refractivity contribution in [2.45, 2.75) is 19.1 Å². The topological polar surface area (TPSA) is 133 Å². The van der Waals surface area contributed by atoms with Gasteiger partial charge in [0.2, 0.25) is 11.8 Å². The van der Waals surface area contributed by atoms with Crippen molar-refractivity contribution in [2.75, 3.05) is 6.54 Å². The van der Waals surface area contributed by atoms with Gasteiger partial charge in [-0.15, -0.1) is 12.4 Å². The first-order valence-corrected chi connectivity index (χ1v) is 10.2. The molecular weight excluding hydrogens is 440 g/mol. The Morgan fingerprint density at radius 3 is 2.18 bits per heavy atom. The van der Waals surface area contributed by atoms with Gasteiger partial charge >= 0.3 is 0 Å². The average molecular weight is 467 g/mol. The number of nitrogens with two attached hydrogens (primary N) is 1. The summed E-state index contributed by atoms with van der Waals surface area (Å²) in [6.45, 7) is 0.657. The Morgan fingerprint density at radius 1 is 0.879 bits per heavy atom. The van der Waals surface area contributed by atoms with E-state index in [1.807, 2.05) is 42.5 Å². The van der Waals surface area contributed by atoms with Crippen molar-refractivity contribution in [3.8, 4) is 0 Å². The number of nitrogens with one attached hydrogen (secondary N) is 4. The molecular formula is C24H27ClN6O2. The number of hydrogen-bond donors (Lipinski definition) is 5. The van der Waals surface area contributed by atoms with Gasteiger partial charge in [-0.2, -0.15) is 0 Å². The van der Waals surface area contributed by atoms with Crippen LogP contribution in [-0.2, 0) is 22.7 Å². The molecule has 8 nitrogen and oxygen atoms in total. The summed E-state index contributed by atoms with van der Waals surface area (Å²) in [5, 5.41) is 16.1. The monoisotopic (exact) mass is 466 g/mol. The number of benzene rings is 2. The van der Waals surface area contributed by atoms with Gasteiger partial charge < -0.3 is 16.4 Å². The summed E-state index contributed by atoms with van der Waals surface area (Å²) in [4.78, 5) is 29.3. The minimum absolute atomic E-state index is 0. The molecule has 0 saturated carbocycles. The first-order chi connectivity index (χ1) is 15.5. The van der Waals surface area contributed by atoms with Crippen LogP contribution in [0.25, 0.3) is 0 Å². The third-order valence-corrected chi connectivity index (χ3v) is 4.78. The highest BCUT2D eigenvalue weighted by atomic mass is 35.5. The van der Waals surface area contributed by atoms with Crippen LogP contribution in [0, 0.1) is 5.41 Å². The number of pyridine rings is 1. The van der Waals surface area contributed by atoms with Crippen LogP contribution >= 0.6 is 12.4 Å². The van der Waals surface area contributed by atoms with Crippen LogP contribution in [0.3, 0.4) is 0 Å². The highest BCUT2D eigenvalue weighted by Gasteiger charge is 2.21. The van der Waals surface area contributed by atoms with Gasteiger partial charge in [-0.3, -0.25) is 25.3 Å². The molecule has 1 unspecified atom stereocenters. The number of carbonyl (C=O) groups is 2. The predicted molar refractivity (Wildman–Crippen MR) is 130 cm³/mol. The lowest BCUT2D eigenvalue weighted by Gasteiger charge is -2.18. The number of aromatic nitrogens is 1. The summed E-state index contributed by atoms with van der Waals surface area (Å²) in [6, 6.07) is 21.4. The molecule has 1 atom stereocenters. The van der Waals surface area contributed by atoms with E-state index in [4.69, 9.17) is 11.1 Å². The minimum Gasteiger partial charge on any atom is -0.384 e. The highest BCUT2D eigenvalue weighted by molar-refractivity contribution is 5.94. The molecule has 1 heterocycles. The first kappa shape index (κ1) is 25.5. The molecule has 172 valence electrons. The first-order valence-electron chi connectivity index (χ1n) is 10.2. The minimum atomic E-state index is -0.731. The highest BCUT2D eigenvalue weighted by Crippen LogP contribution is 2.12. The van der Waals surface area contributed by atoms with Crippen molar-refractivity contribution >= 4 is 30.1 Å². The third-order valence-electron chi connectivity index (χ3n) is 4.78. The molecule has 0 radical (unpaired) electrons. The second kappa shape index (κ2) is 12.9. The average Bonchev–Trinajstić information content (AvgIpc) is 2.83. The normalized spacial score (nSPS) is 11.0. The molecule has 2 amide bonds. The molecule has 3 rings (SSSR count). The quantitative estimate of drug-likeness (QED) is 0.230. The second-order valence-corrected chi connectivity index (χ2v) is 7.16. The van der Waals surface area contributed by atoms with Crippen molar-refractivity contribution in [1.29, 1.82) is 5.41 Å². The van der Waals surface area contributed by atoms with Crippen LogP contribution in [-0.4, -0.2) is 29.2 Å². The molecule has 3 aromatic rings. The largest absolute Gasteiger partial charge is 0.384 e. The maximum atomic E-state index is 12.8. The van der Waals surface area contributed by atoms with Crippen molar-refractivity contribution in [2.24, 2.45) is 5.73 Å². The van der Waals surface area contributed by atoms with Crippen LogP contribution in [0.2, 0.25) is 0 Å². The van der Waals surface area contributed by atoms with E-state index in [-0.39, 0.29) is 36.6 Å². The third kappa shape index (κ3) is 8.03. The van der Waals surface area contributed by atoms with E-state index in [1.54, 1.807) is 36.5 Å². The lowest BCUT2D eigenvalue weighted by Crippen LogP contribution is -2.42. The summed E-state index contributed by atoms with van der Waals surface area (Å²) >= 11 is 0. The molecule has 0 saturated heterocycles. The van der Waals surface area contributed by atoms with Gasteiger partial charge in [-0.1, -0.05) is 60.7 Å². The maximum absolute atomic E-state index is 12.8. The van der Waals surface area contributed by atoms with Gasteiger partial charge in [-0.05, 0) is 23.3 Å². The van der Waals surface area contributed by atoms with Crippen molar-refractivity contribution in [1.82, 2.24) is 20.9 Å². The molecule has 33 heavy (non-hydrogen) atoms. The van der Waals surface area contributed by atoms with Gasteiger partial charge in [0, 0.05) is 24.8 Å². The fourth-order valence-corrected chi connectivity index (χ4v) is 3.03. The number of amides is 2. The molecule has 9 heteroatoms. The van der Waals surface area contributed by atoms with Crippen molar-refractivity contribution < 1.29 is 9.59 Å². The van der Waals surface area contributed by atoms with Crippen molar-refractivity contribution in [3.05, 3.63) is 101 Å². The number of rotatable bonds is 10. The van der Waals surface area contributed by atoms with Crippen LogP contribution in [0.5, 0.6) is 0 Å². The zero-order valence-corrected chi connectivity index (χ0v) is 18.8. The van der Waals surface area contributed by atoms with Crippen LogP contribution < -0.4 is 21.7 Å². The summed E-state index contributed by atoms with van der Waals surface area (Å²) in [5.41, 5.74) is 8.58. The van der Waals surface area contributed by atoms with E-state index >= 15 is 0 Å². The second-order valence-electron chi connectivity index (χ2n) is 7.16. The summed E-state index contributed by atoms with van der Waals surface area (Å²) < 4.78 is 0. The fourth-order valence-electron chi connectivity index (χ4n) is 3.03. The Balaban J connectivity index is 0.00000385. The number of nitrogens with zero attached hydrogens (tertiary/aromatic N) is 1. The van der Waals surface area contributed by atoms with Gasteiger partial charge in [-0.25, -0.2) is 0 Å². The van der Waals surface area contributed by atoms with Crippen LogP contribution in [0.15, 0.2) is 79.0 Å².